The molecule has 0 aliphatic carbocycles. The molecule has 1 aliphatic rings. The molecule has 0 radical (unpaired) electrons. The fraction of sp³-hybridized carbons (Fsp3) is 0.381. The zero-order valence-electron chi connectivity index (χ0n) is 16.4. The zero-order chi connectivity index (χ0) is 22.1. The van der Waals surface area contributed by atoms with Crippen LogP contribution in [0.5, 0.6) is 5.75 Å². The Hall–Kier alpha value is -2.20. The Bertz CT molecular complexity index is 903. The predicted molar refractivity (Wildman–Crippen MR) is 109 cm³/mol. The highest BCUT2D eigenvalue weighted by atomic mass is 35.5. The minimum absolute atomic E-state index is 0.176. The minimum atomic E-state index is -1.96. The molecule has 1 amide bonds. The maximum atomic E-state index is 11.7. The Morgan fingerprint density at radius 1 is 1.20 bits per heavy atom. The van der Waals surface area contributed by atoms with E-state index in [0.717, 1.165) is 11.1 Å². The summed E-state index contributed by atoms with van der Waals surface area (Å²) >= 11 is 6.24. The highest BCUT2D eigenvalue weighted by Gasteiger charge is 2.53. The summed E-state index contributed by atoms with van der Waals surface area (Å²) in [6, 6.07) is 11.9. The molecule has 2 aromatic rings. The molecule has 1 aliphatic heterocycles. The molecule has 30 heavy (non-hydrogen) atoms. The number of aliphatic hydroxyl groups excluding tert-OH is 3. The van der Waals surface area contributed by atoms with Gasteiger partial charge in [-0.05, 0) is 42.3 Å². The summed E-state index contributed by atoms with van der Waals surface area (Å²) in [5.74, 6) is -0.0207. The number of benzene rings is 2. The quantitative estimate of drug-likeness (QED) is 0.470. The Morgan fingerprint density at radius 2 is 1.83 bits per heavy atom. The molecule has 1 saturated heterocycles. The number of carbonyl (C=O) groups is 1. The predicted octanol–water partition coefficient (Wildman–Crippen LogP) is 0.935. The number of rotatable bonds is 5. The maximum absolute atomic E-state index is 11.7. The summed E-state index contributed by atoms with van der Waals surface area (Å²) in [5.41, 5.74) is 0.0808. The van der Waals surface area contributed by atoms with Gasteiger partial charge in [-0.25, -0.2) is 0 Å². The fourth-order valence-electron chi connectivity index (χ4n) is 3.21. The summed E-state index contributed by atoms with van der Waals surface area (Å²) in [5, 5.41) is 43.0. The number of hydrogen-bond donors (Lipinski definition) is 5. The van der Waals surface area contributed by atoms with Gasteiger partial charge in [-0.15, -0.1) is 0 Å². The summed E-state index contributed by atoms with van der Waals surface area (Å²) in [6.45, 7) is 0.689. The van der Waals surface area contributed by atoms with Crippen LogP contribution in [0.2, 0.25) is 5.02 Å². The molecule has 8 nitrogen and oxygen atoms in total. The molecule has 1 fully saturated rings. The molecule has 0 bridgehead atoms. The first kappa shape index (κ1) is 22.5. The van der Waals surface area contributed by atoms with E-state index < -0.39 is 36.8 Å². The van der Waals surface area contributed by atoms with Gasteiger partial charge in [-0.2, -0.15) is 0 Å². The van der Waals surface area contributed by atoms with Crippen molar-refractivity contribution < 1.29 is 34.7 Å². The van der Waals surface area contributed by atoms with Crippen molar-refractivity contribution in [3.63, 3.8) is 0 Å². The second kappa shape index (κ2) is 8.89. The van der Waals surface area contributed by atoms with E-state index in [1.807, 2.05) is 0 Å². The van der Waals surface area contributed by atoms with Gasteiger partial charge in [0.1, 0.15) is 24.1 Å². The number of halogens is 1. The van der Waals surface area contributed by atoms with Crippen molar-refractivity contribution in [3.8, 4) is 16.9 Å². The van der Waals surface area contributed by atoms with Crippen LogP contribution < -0.4 is 10.1 Å². The average molecular weight is 438 g/mol. The van der Waals surface area contributed by atoms with E-state index >= 15 is 0 Å². The average Bonchev–Trinajstić information content (AvgIpc) is 2.75. The summed E-state index contributed by atoms with van der Waals surface area (Å²) in [4.78, 5) is 11.7. The highest BCUT2D eigenvalue weighted by Crippen LogP contribution is 2.36. The van der Waals surface area contributed by atoms with Crippen molar-refractivity contribution in [2.75, 3.05) is 13.7 Å². The second-order valence-electron chi connectivity index (χ2n) is 7.27. The van der Waals surface area contributed by atoms with Crippen molar-refractivity contribution in [2.45, 2.75) is 37.1 Å². The van der Waals surface area contributed by atoms with Crippen LogP contribution in [-0.4, -0.2) is 70.2 Å². The molecular formula is C21H24ClNO7. The van der Waals surface area contributed by atoms with Crippen LogP contribution in [0.1, 0.15) is 17.3 Å². The van der Waals surface area contributed by atoms with E-state index in [0.29, 0.717) is 5.56 Å². The number of nitrogens with one attached hydrogen (secondary N) is 1. The first-order valence-corrected chi connectivity index (χ1v) is 9.70. The van der Waals surface area contributed by atoms with Gasteiger partial charge in [0.25, 0.3) is 5.91 Å². The minimum Gasteiger partial charge on any atom is -0.460 e. The number of carbonyl (C=O) groups excluding carboxylic acids is 1. The summed E-state index contributed by atoms with van der Waals surface area (Å²) in [7, 11) is 1.55. The lowest BCUT2D eigenvalue weighted by atomic mass is 9.88. The van der Waals surface area contributed by atoms with E-state index in [1.54, 1.807) is 49.5 Å². The molecule has 5 atom stereocenters. The smallest absolute Gasteiger partial charge is 0.251 e. The van der Waals surface area contributed by atoms with Gasteiger partial charge < -0.3 is 35.2 Å². The maximum Gasteiger partial charge on any atom is 0.251 e. The van der Waals surface area contributed by atoms with E-state index in [-0.39, 0.29) is 16.7 Å². The van der Waals surface area contributed by atoms with Crippen LogP contribution in [-0.2, 0) is 4.74 Å². The number of hydrogen-bond acceptors (Lipinski definition) is 7. The third-order valence-electron chi connectivity index (χ3n) is 5.13. The summed E-state index contributed by atoms with van der Waals surface area (Å²) < 4.78 is 11.2. The van der Waals surface area contributed by atoms with Crippen LogP contribution >= 0.6 is 11.6 Å². The Labute approximate surface area is 178 Å². The van der Waals surface area contributed by atoms with Crippen LogP contribution in [0.25, 0.3) is 11.1 Å². The molecule has 2 aromatic carbocycles. The molecule has 0 aromatic heterocycles. The summed E-state index contributed by atoms with van der Waals surface area (Å²) in [6.07, 6.45) is -5.61. The molecule has 3 rings (SSSR count). The van der Waals surface area contributed by atoms with Gasteiger partial charge in [0.2, 0.25) is 6.29 Å². The lowest BCUT2D eigenvalue weighted by Gasteiger charge is -2.45. The standard InChI is InChI=1S/C21H24ClNO7/c1-21(28)18(26)17(25)16(10-24)30-20(21)29-15-9-13(7-8-14(15)22)11-3-5-12(6-4-11)19(27)23-2/h3-9,16-18,20,24-26,28H,10H2,1-2H3,(H,23,27)/t16-,17-,18+,20+,21+/m1/s1. The first-order chi connectivity index (χ1) is 14.2. The van der Waals surface area contributed by atoms with Gasteiger partial charge in [-0.1, -0.05) is 29.8 Å². The fourth-order valence-corrected chi connectivity index (χ4v) is 3.37. The number of ether oxygens (including phenoxy) is 2. The first-order valence-electron chi connectivity index (χ1n) is 9.32. The molecular weight excluding hydrogens is 414 g/mol. The third-order valence-corrected chi connectivity index (χ3v) is 5.44. The van der Waals surface area contributed by atoms with E-state index in [1.165, 1.54) is 6.92 Å². The Balaban J connectivity index is 1.87. The van der Waals surface area contributed by atoms with Crippen molar-refractivity contribution >= 4 is 17.5 Å². The van der Waals surface area contributed by atoms with Gasteiger partial charge >= 0.3 is 0 Å². The molecule has 0 unspecified atom stereocenters. The zero-order valence-corrected chi connectivity index (χ0v) is 17.2. The van der Waals surface area contributed by atoms with Gasteiger partial charge in [0.15, 0.2) is 5.60 Å². The molecule has 0 saturated carbocycles. The molecule has 9 heteroatoms. The van der Waals surface area contributed by atoms with Crippen molar-refractivity contribution in [1.29, 1.82) is 0 Å². The van der Waals surface area contributed by atoms with E-state index in [4.69, 9.17) is 21.1 Å². The SMILES string of the molecule is CNC(=O)c1ccc(-c2ccc(Cl)c(O[C@H]3O[C@H](CO)[C@@H](O)[C@H](O)[C@]3(C)O)c2)cc1. The molecule has 5 N–H and O–H groups in total. The normalized spacial score (nSPS) is 28.8. The number of amides is 1. The third kappa shape index (κ3) is 4.29. The topological polar surface area (TPSA) is 128 Å². The van der Waals surface area contributed by atoms with Crippen molar-refractivity contribution in [1.82, 2.24) is 5.32 Å². The Kier molecular flexibility index (Phi) is 6.66. The van der Waals surface area contributed by atoms with Crippen LogP contribution in [0.4, 0.5) is 0 Å². The van der Waals surface area contributed by atoms with Gasteiger partial charge in [-0.3, -0.25) is 4.79 Å². The van der Waals surface area contributed by atoms with E-state index in [9.17, 15) is 25.2 Å². The lowest BCUT2D eigenvalue weighted by molar-refractivity contribution is -0.314. The number of aliphatic hydroxyl groups is 4. The highest BCUT2D eigenvalue weighted by molar-refractivity contribution is 6.32. The Morgan fingerprint density at radius 3 is 2.43 bits per heavy atom. The lowest BCUT2D eigenvalue weighted by Crippen LogP contribution is -2.66. The monoisotopic (exact) mass is 437 g/mol. The second-order valence-corrected chi connectivity index (χ2v) is 7.68. The van der Waals surface area contributed by atoms with Gasteiger partial charge in [0.05, 0.1) is 11.6 Å². The van der Waals surface area contributed by atoms with Crippen molar-refractivity contribution in [3.05, 3.63) is 53.1 Å². The van der Waals surface area contributed by atoms with Gasteiger partial charge in [0, 0.05) is 12.6 Å². The van der Waals surface area contributed by atoms with Crippen LogP contribution in [0, 0.1) is 0 Å². The molecule has 162 valence electrons. The van der Waals surface area contributed by atoms with Crippen LogP contribution in [0.15, 0.2) is 42.5 Å². The molecule has 1 heterocycles. The van der Waals surface area contributed by atoms with E-state index in [2.05, 4.69) is 5.32 Å². The van der Waals surface area contributed by atoms with Crippen molar-refractivity contribution in [2.24, 2.45) is 0 Å². The largest absolute Gasteiger partial charge is 0.460 e. The molecule has 0 spiro atoms. The van der Waals surface area contributed by atoms with Crippen LogP contribution in [0.3, 0.4) is 0 Å².